The first-order valence-electron chi connectivity index (χ1n) is 8.44. The summed E-state index contributed by atoms with van der Waals surface area (Å²) in [5.41, 5.74) is 2.87. The molecule has 7 heteroatoms. The smallest absolute Gasteiger partial charge is 0.257 e. The predicted octanol–water partition coefficient (Wildman–Crippen LogP) is 1.97. The molecule has 3 aromatic rings. The minimum atomic E-state index is -0.0428. The van der Waals surface area contributed by atoms with E-state index in [2.05, 4.69) is 20.4 Å². The Bertz CT molecular complexity index is 893. The van der Waals surface area contributed by atoms with Crippen LogP contribution >= 0.6 is 0 Å². The van der Waals surface area contributed by atoms with Crippen LogP contribution in [0.1, 0.15) is 34.6 Å². The first-order chi connectivity index (χ1) is 12.3. The van der Waals surface area contributed by atoms with Crippen molar-refractivity contribution in [3.8, 4) is 0 Å². The van der Waals surface area contributed by atoms with E-state index in [1.54, 1.807) is 12.4 Å². The molecule has 3 aromatic heterocycles. The predicted molar refractivity (Wildman–Crippen MR) is 92.1 cm³/mol. The standard InChI is InChI=1S/C18H19N5O2/c1-2-15-14-8-13(10-21-17(14)25-22-15)18(24)23-7-6-20-11-16(23)12-4-3-5-19-9-12/h3-5,8-10,16,20H,2,6-7,11H2,1H3. The summed E-state index contributed by atoms with van der Waals surface area (Å²) in [5, 5.41) is 8.17. The van der Waals surface area contributed by atoms with Gasteiger partial charge in [0.2, 0.25) is 0 Å². The lowest BCUT2D eigenvalue weighted by Crippen LogP contribution is -2.48. The minimum Gasteiger partial charge on any atom is -0.336 e. The number of piperazine rings is 1. The van der Waals surface area contributed by atoms with Gasteiger partial charge in [0, 0.05) is 38.2 Å². The Kier molecular flexibility index (Phi) is 4.15. The Morgan fingerprint density at radius 2 is 2.36 bits per heavy atom. The van der Waals surface area contributed by atoms with Crippen molar-refractivity contribution in [2.45, 2.75) is 19.4 Å². The Balaban J connectivity index is 1.68. The molecule has 1 aliphatic heterocycles. The normalized spacial score (nSPS) is 17.8. The number of rotatable bonds is 3. The largest absolute Gasteiger partial charge is 0.336 e. The highest BCUT2D eigenvalue weighted by Gasteiger charge is 2.29. The van der Waals surface area contributed by atoms with Gasteiger partial charge in [0.1, 0.15) is 0 Å². The van der Waals surface area contributed by atoms with E-state index < -0.39 is 0 Å². The summed E-state index contributed by atoms with van der Waals surface area (Å²) >= 11 is 0. The summed E-state index contributed by atoms with van der Waals surface area (Å²) in [5.74, 6) is -0.0343. The number of carbonyl (C=O) groups is 1. The highest BCUT2D eigenvalue weighted by Crippen LogP contribution is 2.25. The Labute approximate surface area is 145 Å². The average molecular weight is 337 g/mol. The molecule has 25 heavy (non-hydrogen) atoms. The zero-order chi connectivity index (χ0) is 17.2. The van der Waals surface area contributed by atoms with Gasteiger partial charge in [-0.3, -0.25) is 9.78 Å². The highest BCUT2D eigenvalue weighted by molar-refractivity contribution is 5.97. The van der Waals surface area contributed by atoms with E-state index in [-0.39, 0.29) is 11.9 Å². The first kappa shape index (κ1) is 15.7. The van der Waals surface area contributed by atoms with Gasteiger partial charge >= 0.3 is 0 Å². The molecule has 0 aliphatic carbocycles. The summed E-state index contributed by atoms with van der Waals surface area (Å²) in [4.78, 5) is 23.5. The molecule has 0 spiro atoms. The van der Waals surface area contributed by atoms with Crippen molar-refractivity contribution < 1.29 is 9.32 Å². The fourth-order valence-corrected chi connectivity index (χ4v) is 3.24. The topological polar surface area (TPSA) is 84.2 Å². The lowest BCUT2D eigenvalue weighted by molar-refractivity contribution is 0.0634. The minimum absolute atomic E-state index is 0.0343. The monoisotopic (exact) mass is 337 g/mol. The Morgan fingerprint density at radius 3 is 3.16 bits per heavy atom. The number of nitrogens with zero attached hydrogens (tertiary/aromatic N) is 4. The summed E-state index contributed by atoms with van der Waals surface area (Å²) in [7, 11) is 0. The lowest BCUT2D eigenvalue weighted by Gasteiger charge is -2.36. The lowest BCUT2D eigenvalue weighted by atomic mass is 10.0. The van der Waals surface area contributed by atoms with E-state index >= 15 is 0 Å². The molecule has 1 unspecified atom stereocenters. The molecule has 4 heterocycles. The molecule has 1 atom stereocenters. The van der Waals surface area contributed by atoms with Gasteiger partial charge in [-0.1, -0.05) is 18.1 Å². The molecule has 1 fully saturated rings. The van der Waals surface area contributed by atoms with Gasteiger partial charge in [-0.25, -0.2) is 4.98 Å². The van der Waals surface area contributed by atoms with Crippen molar-refractivity contribution in [2.75, 3.05) is 19.6 Å². The maximum atomic E-state index is 13.1. The van der Waals surface area contributed by atoms with Crippen molar-refractivity contribution in [3.63, 3.8) is 0 Å². The van der Waals surface area contributed by atoms with E-state index in [1.807, 2.05) is 36.2 Å². The molecule has 0 saturated carbocycles. The molecule has 128 valence electrons. The molecular formula is C18H19N5O2. The van der Waals surface area contributed by atoms with Gasteiger partial charge in [-0.2, -0.15) is 0 Å². The molecule has 0 bridgehead atoms. The molecule has 1 amide bonds. The third kappa shape index (κ3) is 2.87. The van der Waals surface area contributed by atoms with E-state index in [4.69, 9.17) is 4.52 Å². The Hall–Kier alpha value is -2.80. The van der Waals surface area contributed by atoms with Crippen molar-refractivity contribution in [2.24, 2.45) is 0 Å². The number of pyridine rings is 2. The van der Waals surface area contributed by atoms with Gasteiger partial charge < -0.3 is 14.7 Å². The van der Waals surface area contributed by atoms with Crippen LogP contribution in [0.4, 0.5) is 0 Å². The second-order valence-electron chi connectivity index (χ2n) is 6.06. The zero-order valence-corrected chi connectivity index (χ0v) is 14.0. The first-order valence-corrected chi connectivity index (χ1v) is 8.44. The molecule has 1 saturated heterocycles. The zero-order valence-electron chi connectivity index (χ0n) is 14.0. The maximum Gasteiger partial charge on any atom is 0.257 e. The summed E-state index contributed by atoms with van der Waals surface area (Å²) < 4.78 is 5.21. The number of hydrogen-bond donors (Lipinski definition) is 1. The second kappa shape index (κ2) is 6.60. The van der Waals surface area contributed by atoms with Crippen LogP contribution in [0.5, 0.6) is 0 Å². The average Bonchev–Trinajstić information content (AvgIpc) is 3.10. The van der Waals surface area contributed by atoms with Gasteiger partial charge in [-0.05, 0) is 24.1 Å². The number of fused-ring (bicyclic) bond motifs is 1. The summed E-state index contributed by atoms with van der Waals surface area (Å²) in [6, 6.07) is 5.69. The molecule has 4 rings (SSSR count). The third-order valence-electron chi connectivity index (χ3n) is 4.56. The van der Waals surface area contributed by atoms with Crippen molar-refractivity contribution in [1.29, 1.82) is 0 Å². The van der Waals surface area contributed by atoms with Gasteiger partial charge in [0.05, 0.1) is 22.7 Å². The molecular weight excluding hydrogens is 318 g/mol. The van der Waals surface area contributed by atoms with Gasteiger partial charge in [0.15, 0.2) is 0 Å². The molecule has 0 radical (unpaired) electrons. The van der Waals surface area contributed by atoms with E-state index in [0.29, 0.717) is 24.4 Å². The SMILES string of the molecule is CCc1noc2ncc(C(=O)N3CCNCC3c3cccnc3)cc12. The number of amides is 1. The van der Waals surface area contributed by atoms with Gasteiger partial charge in [0.25, 0.3) is 11.6 Å². The van der Waals surface area contributed by atoms with Crippen LogP contribution in [-0.4, -0.2) is 45.6 Å². The molecule has 1 N–H and O–H groups in total. The van der Waals surface area contributed by atoms with Gasteiger partial charge in [-0.15, -0.1) is 0 Å². The van der Waals surface area contributed by atoms with Crippen molar-refractivity contribution >= 4 is 17.0 Å². The van der Waals surface area contributed by atoms with Crippen LogP contribution in [0.25, 0.3) is 11.1 Å². The Morgan fingerprint density at radius 1 is 1.44 bits per heavy atom. The number of nitrogens with one attached hydrogen (secondary N) is 1. The summed E-state index contributed by atoms with van der Waals surface area (Å²) in [6.07, 6.45) is 5.85. The van der Waals surface area contributed by atoms with Crippen molar-refractivity contribution in [1.82, 2.24) is 25.3 Å². The molecule has 7 nitrogen and oxygen atoms in total. The van der Waals surface area contributed by atoms with E-state index in [9.17, 15) is 4.79 Å². The highest BCUT2D eigenvalue weighted by atomic mass is 16.5. The number of aryl methyl sites for hydroxylation is 1. The van der Waals surface area contributed by atoms with Crippen LogP contribution < -0.4 is 5.32 Å². The van der Waals surface area contributed by atoms with E-state index in [1.165, 1.54) is 0 Å². The fourth-order valence-electron chi connectivity index (χ4n) is 3.24. The van der Waals surface area contributed by atoms with Crippen molar-refractivity contribution in [3.05, 3.63) is 53.6 Å². The number of aromatic nitrogens is 3. The molecule has 1 aliphatic rings. The maximum absolute atomic E-state index is 13.1. The van der Waals surface area contributed by atoms with Crippen LogP contribution in [-0.2, 0) is 6.42 Å². The van der Waals surface area contributed by atoms with E-state index in [0.717, 1.165) is 29.6 Å². The van der Waals surface area contributed by atoms with Crippen LogP contribution in [0.15, 0.2) is 41.3 Å². The second-order valence-corrected chi connectivity index (χ2v) is 6.06. The number of carbonyl (C=O) groups excluding carboxylic acids is 1. The summed E-state index contributed by atoms with van der Waals surface area (Å²) in [6.45, 7) is 4.12. The fraction of sp³-hybridized carbons (Fsp3) is 0.333. The quantitative estimate of drug-likeness (QED) is 0.786. The molecule has 0 aromatic carbocycles. The van der Waals surface area contributed by atoms with Crippen LogP contribution in [0.2, 0.25) is 0 Å². The third-order valence-corrected chi connectivity index (χ3v) is 4.56. The van der Waals surface area contributed by atoms with Crippen LogP contribution in [0.3, 0.4) is 0 Å². The number of hydrogen-bond acceptors (Lipinski definition) is 6. The van der Waals surface area contributed by atoms with Crippen LogP contribution in [0, 0.1) is 0 Å².